The Morgan fingerprint density at radius 1 is 1.22 bits per heavy atom. The van der Waals surface area contributed by atoms with Gasteiger partial charge in [-0.05, 0) is 37.4 Å². The van der Waals surface area contributed by atoms with Gasteiger partial charge in [0.05, 0.1) is 5.56 Å². The van der Waals surface area contributed by atoms with Crippen molar-refractivity contribution in [2.24, 2.45) is 11.7 Å². The first-order valence-electron chi connectivity index (χ1n) is 7.50. The molecule has 0 radical (unpaired) electrons. The fraction of sp³-hybridized carbons (Fsp3) is 0.500. The zero-order valence-electron chi connectivity index (χ0n) is 13.5. The van der Waals surface area contributed by atoms with Crippen molar-refractivity contribution in [1.29, 1.82) is 0 Å². The lowest BCUT2D eigenvalue weighted by molar-refractivity contribution is -0.123. The van der Waals surface area contributed by atoms with Crippen LogP contribution < -0.4 is 16.4 Å². The van der Waals surface area contributed by atoms with E-state index in [0.29, 0.717) is 13.1 Å². The summed E-state index contributed by atoms with van der Waals surface area (Å²) in [5.74, 6) is -1.57. The molecule has 0 aliphatic rings. The van der Waals surface area contributed by atoms with Gasteiger partial charge in [0.1, 0.15) is 11.9 Å². The lowest BCUT2D eigenvalue weighted by Gasteiger charge is -2.22. The summed E-state index contributed by atoms with van der Waals surface area (Å²) < 4.78 is 13.6. The zero-order valence-corrected chi connectivity index (χ0v) is 14.3. The third-order valence-corrected chi connectivity index (χ3v) is 3.28. The van der Waals surface area contributed by atoms with E-state index < -0.39 is 17.8 Å². The number of benzene rings is 1. The smallest absolute Gasteiger partial charge is 0.254 e. The molecule has 2 amide bonds. The molecule has 1 unspecified atom stereocenters. The second-order valence-corrected chi connectivity index (χ2v) is 5.46. The zero-order chi connectivity index (χ0) is 16.5. The number of hydrogen-bond acceptors (Lipinski definition) is 3. The van der Waals surface area contributed by atoms with Gasteiger partial charge in [-0.1, -0.05) is 26.0 Å². The van der Waals surface area contributed by atoms with Gasteiger partial charge in [-0.15, -0.1) is 12.4 Å². The van der Waals surface area contributed by atoms with Crippen LogP contribution in [0.5, 0.6) is 0 Å². The van der Waals surface area contributed by atoms with Gasteiger partial charge in [-0.2, -0.15) is 0 Å². The van der Waals surface area contributed by atoms with Crippen molar-refractivity contribution < 1.29 is 14.0 Å². The van der Waals surface area contributed by atoms with Crippen LogP contribution in [-0.4, -0.2) is 30.9 Å². The van der Waals surface area contributed by atoms with Crippen LogP contribution in [0.4, 0.5) is 4.39 Å². The van der Waals surface area contributed by atoms with Crippen molar-refractivity contribution >= 4 is 24.2 Å². The molecule has 0 saturated heterocycles. The Hall–Kier alpha value is -1.66. The minimum Gasteiger partial charge on any atom is -0.354 e. The van der Waals surface area contributed by atoms with Gasteiger partial charge >= 0.3 is 0 Å². The highest BCUT2D eigenvalue weighted by atomic mass is 35.5. The van der Waals surface area contributed by atoms with E-state index in [2.05, 4.69) is 10.6 Å². The van der Waals surface area contributed by atoms with Crippen LogP contribution in [0.2, 0.25) is 0 Å². The maximum absolute atomic E-state index is 13.6. The third-order valence-electron chi connectivity index (χ3n) is 3.28. The second-order valence-electron chi connectivity index (χ2n) is 5.46. The van der Waals surface area contributed by atoms with Crippen LogP contribution in [0, 0.1) is 11.7 Å². The first kappa shape index (κ1) is 21.3. The van der Waals surface area contributed by atoms with Crippen LogP contribution in [0.15, 0.2) is 24.3 Å². The summed E-state index contributed by atoms with van der Waals surface area (Å²) in [7, 11) is 0. The number of amides is 2. The molecule has 0 fully saturated rings. The van der Waals surface area contributed by atoms with Gasteiger partial charge in [0.15, 0.2) is 0 Å². The molecule has 23 heavy (non-hydrogen) atoms. The third kappa shape index (κ3) is 6.97. The number of rotatable bonds is 8. The van der Waals surface area contributed by atoms with Crippen molar-refractivity contribution in [3.8, 4) is 0 Å². The van der Waals surface area contributed by atoms with Gasteiger partial charge in [0, 0.05) is 6.54 Å². The van der Waals surface area contributed by atoms with Crippen LogP contribution >= 0.6 is 12.4 Å². The number of carbonyl (C=O) groups excluding carboxylic acids is 2. The Morgan fingerprint density at radius 2 is 1.87 bits per heavy atom. The van der Waals surface area contributed by atoms with E-state index in [4.69, 9.17) is 5.73 Å². The van der Waals surface area contributed by atoms with E-state index in [9.17, 15) is 14.0 Å². The lowest BCUT2D eigenvalue weighted by Crippen LogP contribution is -2.50. The van der Waals surface area contributed by atoms with Crippen molar-refractivity contribution in [3.63, 3.8) is 0 Å². The molecular weight excluding hydrogens is 321 g/mol. The summed E-state index contributed by atoms with van der Waals surface area (Å²) in [6.45, 7) is 4.74. The average molecular weight is 346 g/mol. The topological polar surface area (TPSA) is 84.2 Å². The predicted molar refractivity (Wildman–Crippen MR) is 91.0 cm³/mol. The molecular formula is C16H25ClFN3O2. The fourth-order valence-corrected chi connectivity index (χ4v) is 1.99. The second kappa shape index (κ2) is 11.0. The maximum Gasteiger partial charge on any atom is 0.254 e. The van der Waals surface area contributed by atoms with E-state index >= 15 is 0 Å². The normalized spacial score (nSPS) is 11.5. The Balaban J connectivity index is 0.00000484. The highest BCUT2D eigenvalue weighted by molar-refractivity contribution is 5.97. The molecule has 0 aliphatic carbocycles. The summed E-state index contributed by atoms with van der Waals surface area (Å²) in [6, 6.07) is 4.99. The van der Waals surface area contributed by atoms with Crippen molar-refractivity contribution in [2.45, 2.75) is 32.7 Å². The van der Waals surface area contributed by atoms with Gasteiger partial charge in [-0.25, -0.2) is 4.39 Å². The van der Waals surface area contributed by atoms with E-state index in [-0.39, 0.29) is 29.8 Å². The van der Waals surface area contributed by atoms with Gasteiger partial charge in [0.2, 0.25) is 5.91 Å². The molecule has 0 heterocycles. The minimum atomic E-state index is -0.704. The van der Waals surface area contributed by atoms with Crippen molar-refractivity contribution in [3.05, 3.63) is 35.6 Å². The molecule has 1 atom stereocenters. The Kier molecular flexibility index (Phi) is 10.2. The van der Waals surface area contributed by atoms with Crippen LogP contribution in [0.3, 0.4) is 0 Å². The summed E-state index contributed by atoms with van der Waals surface area (Å²) in [5, 5.41) is 5.37. The molecule has 0 aliphatic heterocycles. The SMILES string of the molecule is CC(C)C(NC(=O)c1ccccc1F)C(=O)NCCCCN.Cl. The van der Waals surface area contributed by atoms with Crippen molar-refractivity contribution in [1.82, 2.24) is 10.6 Å². The molecule has 7 heteroatoms. The number of hydrogen-bond donors (Lipinski definition) is 3. The number of nitrogens with one attached hydrogen (secondary N) is 2. The summed E-state index contributed by atoms with van der Waals surface area (Å²) in [4.78, 5) is 24.3. The standard InChI is InChI=1S/C16H24FN3O2.ClH/c1-11(2)14(16(22)19-10-6-5-9-18)20-15(21)12-7-3-4-8-13(12)17;/h3-4,7-8,11,14H,5-6,9-10,18H2,1-2H3,(H,19,22)(H,20,21);1H. The minimum absolute atomic E-state index is 0. The highest BCUT2D eigenvalue weighted by Crippen LogP contribution is 2.09. The lowest BCUT2D eigenvalue weighted by atomic mass is 10.0. The summed E-state index contributed by atoms with van der Waals surface area (Å²) in [6.07, 6.45) is 1.61. The molecule has 4 N–H and O–H groups in total. The Morgan fingerprint density at radius 3 is 2.43 bits per heavy atom. The van der Waals surface area contributed by atoms with Gasteiger partial charge in [0.25, 0.3) is 5.91 Å². The Labute approximate surface area is 142 Å². The van der Waals surface area contributed by atoms with E-state index in [1.165, 1.54) is 18.2 Å². The first-order chi connectivity index (χ1) is 10.5. The van der Waals surface area contributed by atoms with Crippen LogP contribution in [-0.2, 0) is 4.79 Å². The number of carbonyl (C=O) groups is 2. The molecule has 130 valence electrons. The average Bonchev–Trinajstić information content (AvgIpc) is 2.49. The molecule has 1 aromatic rings. The summed E-state index contributed by atoms with van der Waals surface area (Å²) in [5.41, 5.74) is 5.33. The van der Waals surface area contributed by atoms with Gasteiger partial charge < -0.3 is 16.4 Å². The monoisotopic (exact) mass is 345 g/mol. The predicted octanol–water partition coefficient (Wildman–Crippen LogP) is 1.86. The molecule has 0 aromatic heterocycles. The van der Waals surface area contributed by atoms with Crippen molar-refractivity contribution in [2.75, 3.05) is 13.1 Å². The fourth-order valence-electron chi connectivity index (χ4n) is 1.99. The number of halogens is 2. The molecule has 1 rings (SSSR count). The molecule has 0 saturated carbocycles. The number of nitrogens with two attached hydrogens (primary N) is 1. The molecule has 0 spiro atoms. The highest BCUT2D eigenvalue weighted by Gasteiger charge is 2.25. The van der Waals surface area contributed by atoms with Crippen LogP contribution in [0.1, 0.15) is 37.0 Å². The largest absolute Gasteiger partial charge is 0.354 e. The van der Waals surface area contributed by atoms with E-state index in [0.717, 1.165) is 12.8 Å². The summed E-state index contributed by atoms with van der Waals surface area (Å²) >= 11 is 0. The molecule has 1 aromatic carbocycles. The maximum atomic E-state index is 13.6. The molecule has 0 bridgehead atoms. The van der Waals surface area contributed by atoms with Crippen LogP contribution in [0.25, 0.3) is 0 Å². The van der Waals surface area contributed by atoms with E-state index in [1.807, 2.05) is 13.8 Å². The van der Waals surface area contributed by atoms with Gasteiger partial charge in [-0.3, -0.25) is 9.59 Å². The Bertz CT molecular complexity index is 512. The quantitative estimate of drug-likeness (QED) is 0.629. The number of unbranched alkanes of at least 4 members (excludes halogenated alkanes) is 1. The molecule has 5 nitrogen and oxygen atoms in total. The van der Waals surface area contributed by atoms with E-state index in [1.54, 1.807) is 6.07 Å². The first-order valence-corrected chi connectivity index (χ1v) is 7.50.